The van der Waals surface area contributed by atoms with Crippen molar-refractivity contribution in [1.82, 2.24) is 14.1 Å². The predicted octanol–water partition coefficient (Wildman–Crippen LogP) is 2.52. The molecular weight excluding hydrogens is 378 g/mol. The Balaban J connectivity index is 2.47. The molecule has 0 unspecified atom stereocenters. The van der Waals surface area contributed by atoms with Crippen molar-refractivity contribution in [1.29, 1.82) is 0 Å². The van der Waals surface area contributed by atoms with Crippen LogP contribution in [0.2, 0.25) is 0 Å². The summed E-state index contributed by atoms with van der Waals surface area (Å²) < 4.78 is 27.9. The predicted molar refractivity (Wildman–Crippen MR) is 112 cm³/mol. The summed E-state index contributed by atoms with van der Waals surface area (Å²) in [5, 5.41) is 7.18. The fraction of sp³-hybridized carbons (Fsp3) is 0.474. The minimum Gasteiger partial charge on any atom is -0.376 e. The van der Waals surface area contributed by atoms with Crippen LogP contribution in [0.5, 0.6) is 0 Å². The molecule has 2 rings (SSSR count). The highest BCUT2D eigenvalue weighted by Crippen LogP contribution is 2.29. The van der Waals surface area contributed by atoms with E-state index in [2.05, 4.69) is 10.4 Å². The highest BCUT2D eigenvalue weighted by atomic mass is 32.2. The lowest BCUT2D eigenvalue weighted by Gasteiger charge is -2.22. The summed E-state index contributed by atoms with van der Waals surface area (Å²) in [7, 11) is 2.98. The average molecular weight is 408 g/mol. The van der Waals surface area contributed by atoms with Gasteiger partial charge in [-0.1, -0.05) is 0 Å². The highest BCUT2D eigenvalue weighted by molar-refractivity contribution is 7.89. The van der Waals surface area contributed by atoms with E-state index < -0.39 is 10.0 Å². The monoisotopic (exact) mass is 407 g/mol. The van der Waals surface area contributed by atoms with Gasteiger partial charge >= 0.3 is 0 Å². The quantitative estimate of drug-likeness (QED) is 0.823. The van der Waals surface area contributed by atoms with Crippen molar-refractivity contribution >= 4 is 27.3 Å². The third kappa shape index (κ3) is 4.20. The van der Waals surface area contributed by atoms with E-state index in [0.717, 1.165) is 10.00 Å². The maximum atomic E-state index is 12.9. The van der Waals surface area contributed by atoms with Gasteiger partial charge in [-0.05, 0) is 45.9 Å². The van der Waals surface area contributed by atoms with Gasteiger partial charge in [0.15, 0.2) is 0 Å². The molecule has 8 nitrogen and oxygen atoms in total. The number of anilines is 2. The molecule has 1 N–H and O–H groups in total. The van der Waals surface area contributed by atoms with Crippen LogP contribution in [0.3, 0.4) is 0 Å². The molecule has 0 atom stereocenters. The van der Waals surface area contributed by atoms with Gasteiger partial charge in [-0.3, -0.25) is 9.48 Å². The zero-order valence-corrected chi connectivity index (χ0v) is 18.5. The van der Waals surface area contributed by atoms with E-state index in [9.17, 15) is 13.2 Å². The summed E-state index contributed by atoms with van der Waals surface area (Å²) in [5.74, 6) is -0.337. The van der Waals surface area contributed by atoms with Crippen molar-refractivity contribution in [2.75, 3.05) is 38.4 Å². The van der Waals surface area contributed by atoms with E-state index in [4.69, 9.17) is 0 Å². The molecule has 9 heteroatoms. The van der Waals surface area contributed by atoms with Crippen LogP contribution in [0, 0.1) is 6.92 Å². The van der Waals surface area contributed by atoms with Crippen LogP contribution in [0.15, 0.2) is 29.3 Å². The van der Waals surface area contributed by atoms with Gasteiger partial charge in [0.1, 0.15) is 0 Å². The normalized spacial score (nSPS) is 12.3. The molecule has 1 aromatic heterocycles. The summed E-state index contributed by atoms with van der Waals surface area (Å²) in [6.07, 6.45) is 1.53. The molecule has 154 valence electrons. The number of nitrogens with zero attached hydrogens (tertiary/aromatic N) is 4. The topological polar surface area (TPSA) is 87.5 Å². The van der Waals surface area contributed by atoms with Gasteiger partial charge in [0, 0.05) is 33.9 Å². The van der Waals surface area contributed by atoms with E-state index >= 15 is 0 Å². The second-order valence-corrected chi connectivity index (χ2v) is 10.2. The molecule has 0 radical (unpaired) electrons. The summed E-state index contributed by atoms with van der Waals surface area (Å²) in [6, 6.07) is 4.69. The molecule has 1 aromatic carbocycles. The lowest BCUT2D eigenvalue weighted by Crippen LogP contribution is -2.25. The average Bonchev–Trinajstić information content (AvgIpc) is 2.96. The van der Waals surface area contributed by atoms with E-state index in [0.29, 0.717) is 16.9 Å². The van der Waals surface area contributed by atoms with Crippen LogP contribution < -0.4 is 10.2 Å². The number of hydrogen-bond acceptors (Lipinski definition) is 5. The van der Waals surface area contributed by atoms with Crippen LogP contribution in [0.25, 0.3) is 0 Å². The molecule has 0 aliphatic heterocycles. The Kier molecular flexibility index (Phi) is 5.91. The Bertz CT molecular complexity index is 985. The Morgan fingerprint density at radius 3 is 2.21 bits per heavy atom. The number of rotatable bonds is 5. The first-order valence-electron chi connectivity index (χ1n) is 8.87. The number of aromatic nitrogens is 2. The lowest BCUT2D eigenvalue weighted by molar-refractivity contribution is 0.102. The zero-order valence-electron chi connectivity index (χ0n) is 17.7. The van der Waals surface area contributed by atoms with Crippen LogP contribution in [-0.2, 0) is 15.6 Å². The van der Waals surface area contributed by atoms with Crippen molar-refractivity contribution in [2.24, 2.45) is 0 Å². The second kappa shape index (κ2) is 7.56. The van der Waals surface area contributed by atoms with Crippen molar-refractivity contribution in [3.8, 4) is 0 Å². The lowest BCUT2D eigenvalue weighted by atomic mass is 10.1. The fourth-order valence-corrected chi connectivity index (χ4v) is 3.80. The SMILES string of the molecule is Cc1c(C(=O)Nc2cc(S(=O)(=O)N(C)C)ccc2N(C)C)cnn1C(C)(C)C. The molecule has 1 amide bonds. The van der Waals surface area contributed by atoms with Gasteiger partial charge in [-0.2, -0.15) is 5.10 Å². The van der Waals surface area contributed by atoms with E-state index in [-0.39, 0.29) is 16.3 Å². The molecule has 0 saturated carbocycles. The van der Waals surface area contributed by atoms with Crippen molar-refractivity contribution in [3.63, 3.8) is 0 Å². The van der Waals surface area contributed by atoms with E-state index in [1.54, 1.807) is 10.7 Å². The van der Waals surface area contributed by atoms with Crippen LogP contribution in [0.4, 0.5) is 11.4 Å². The fourth-order valence-electron chi connectivity index (χ4n) is 2.88. The molecule has 0 spiro atoms. The minimum absolute atomic E-state index is 0.112. The molecule has 2 aromatic rings. The molecule has 0 fully saturated rings. The summed E-state index contributed by atoms with van der Waals surface area (Å²) >= 11 is 0. The van der Waals surface area contributed by atoms with Gasteiger partial charge in [0.25, 0.3) is 5.91 Å². The number of benzene rings is 1. The largest absolute Gasteiger partial charge is 0.376 e. The number of amides is 1. The van der Waals surface area contributed by atoms with Gasteiger partial charge in [-0.15, -0.1) is 0 Å². The molecule has 0 aliphatic carbocycles. The number of carbonyl (C=O) groups excluding carboxylic acids is 1. The second-order valence-electron chi connectivity index (χ2n) is 8.04. The maximum Gasteiger partial charge on any atom is 0.259 e. The summed E-state index contributed by atoms with van der Waals surface area (Å²) in [6.45, 7) is 7.87. The Hall–Kier alpha value is -2.39. The summed E-state index contributed by atoms with van der Waals surface area (Å²) in [4.78, 5) is 14.8. The van der Waals surface area contributed by atoms with Crippen LogP contribution in [0.1, 0.15) is 36.8 Å². The smallest absolute Gasteiger partial charge is 0.259 e. The number of carbonyl (C=O) groups is 1. The molecule has 28 heavy (non-hydrogen) atoms. The zero-order chi connectivity index (χ0) is 21.4. The van der Waals surface area contributed by atoms with Gasteiger partial charge < -0.3 is 10.2 Å². The highest BCUT2D eigenvalue weighted by Gasteiger charge is 2.24. The molecular formula is C19H29N5O3S. The van der Waals surface area contributed by atoms with Crippen molar-refractivity contribution < 1.29 is 13.2 Å². The minimum atomic E-state index is -3.62. The number of nitrogens with one attached hydrogen (secondary N) is 1. The standard InChI is InChI=1S/C19H29N5O3S/c1-13-15(12-20-24(13)19(2,3)4)18(25)21-16-11-14(28(26,27)23(7)8)9-10-17(16)22(5)6/h9-12H,1-8H3,(H,21,25). The number of hydrogen-bond donors (Lipinski definition) is 1. The molecule has 0 aliphatic rings. The van der Waals surface area contributed by atoms with Gasteiger partial charge in [0.05, 0.1) is 33.6 Å². The van der Waals surface area contributed by atoms with E-state index in [1.165, 1.54) is 32.4 Å². The first-order valence-corrected chi connectivity index (χ1v) is 10.3. The van der Waals surface area contributed by atoms with Gasteiger partial charge in [0.2, 0.25) is 10.0 Å². The Morgan fingerprint density at radius 2 is 1.75 bits per heavy atom. The Labute approximate surface area is 167 Å². The molecule has 0 saturated heterocycles. The first kappa shape index (κ1) is 21.9. The Morgan fingerprint density at radius 1 is 1.14 bits per heavy atom. The maximum absolute atomic E-state index is 12.9. The van der Waals surface area contributed by atoms with Crippen molar-refractivity contribution in [3.05, 3.63) is 35.7 Å². The summed E-state index contributed by atoms with van der Waals surface area (Å²) in [5.41, 5.74) is 2.05. The van der Waals surface area contributed by atoms with Gasteiger partial charge in [-0.25, -0.2) is 12.7 Å². The van der Waals surface area contributed by atoms with Crippen molar-refractivity contribution in [2.45, 2.75) is 38.1 Å². The van der Waals surface area contributed by atoms with Crippen LogP contribution >= 0.6 is 0 Å². The third-order valence-corrected chi connectivity index (χ3v) is 6.18. The van der Waals surface area contributed by atoms with Crippen LogP contribution in [-0.4, -0.2) is 56.6 Å². The molecule has 1 heterocycles. The molecule has 0 bridgehead atoms. The third-order valence-electron chi connectivity index (χ3n) is 4.37. The number of sulfonamides is 1. The van der Waals surface area contributed by atoms with E-state index in [1.807, 2.05) is 46.7 Å². The first-order chi connectivity index (χ1) is 12.8.